The largest absolute Gasteiger partial charge is 0.444 e. The molecule has 1 heterocycles. The van der Waals surface area contributed by atoms with Gasteiger partial charge in [0, 0.05) is 43.1 Å². The summed E-state index contributed by atoms with van der Waals surface area (Å²) in [6.07, 6.45) is 0.543. The fourth-order valence-electron chi connectivity index (χ4n) is 2.65. The summed E-state index contributed by atoms with van der Waals surface area (Å²) in [5.41, 5.74) is 8.45. The fourth-order valence-corrected chi connectivity index (χ4v) is 2.65. The van der Waals surface area contributed by atoms with Gasteiger partial charge in [-0.25, -0.2) is 4.79 Å². The summed E-state index contributed by atoms with van der Waals surface area (Å²) in [5, 5.41) is 0. The van der Waals surface area contributed by atoms with E-state index in [4.69, 9.17) is 10.5 Å². The minimum absolute atomic E-state index is 0.282. The summed E-state index contributed by atoms with van der Waals surface area (Å²) in [6.45, 7) is 10.0. The Morgan fingerprint density at radius 3 is 2.35 bits per heavy atom. The van der Waals surface area contributed by atoms with Gasteiger partial charge in [-0.2, -0.15) is 0 Å². The number of nitrogens with two attached hydrogens (primary N) is 1. The number of carbonyl (C=O) groups is 2. The molecule has 6 nitrogen and oxygen atoms in total. The van der Waals surface area contributed by atoms with Crippen molar-refractivity contribution in [3.8, 4) is 0 Å². The molecule has 0 spiro atoms. The number of benzene rings is 1. The van der Waals surface area contributed by atoms with Gasteiger partial charge in [0.1, 0.15) is 11.9 Å². The van der Waals surface area contributed by atoms with E-state index < -0.39 is 5.60 Å². The first-order chi connectivity index (χ1) is 10.7. The van der Waals surface area contributed by atoms with E-state index in [-0.39, 0.29) is 6.09 Å². The second-order valence-corrected chi connectivity index (χ2v) is 6.83. The molecule has 1 saturated heterocycles. The molecule has 0 radical (unpaired) electrons. The second-order valence-electron chi connectivity index (χ2n) is 6.83. The molecule has 0 bridgehead atoms. The third-order valence-electron chi connectivity index (χ3n) is 3.84. The minimum Gasteiger partial charge on any atom is -0.444 e. The zero-order valence-corrected chi connectivity index (χ0v) is 14.3. The van der Waals surface area contributed by atoms with Crippen LogP contribution in [0.5, 0.6) is 0 Å². The van der Waals surface area contributed by atoms with Gasteiger partial charge in [-0.1, -0.05) is 0 Å². The topological polar surface area (TPSA) is 75.9 Å². The lowest BCUT2D eigenvalue weighted by Gasteiger charge is -2.37. The normalized spacial score (nSPS) is 15.5. The van der Waals surface area contributed by atoms with Crippen molar-refractivity contribution < 1.29 is 14.3 Å². The Bertz CT molecular complexity index is 600. The zero-order chi connectivity index (χ0) is 17.2. The van der Waals surface area contributed by atoms with Gasteiger partial charge < -0.3 is 20.3 Å². The van der Waals surface area contributed by atoms with E-state index in [0.717, 1.165) is 17.5 Å². The summed E-state index contributed by atoms with van der Waals surface area (Å²) >= 11 is 0. The Hall–Kier alpha value is -2.24. The molecule has 2 rings (SSSR count). The van der Waals surface area contributed by atoms with Crippen LogP contribution in [0.25, 0.3) is 0 Å². The molecule has 23 heavy (non-hydrogen) atoms. The lowest BCUT2D eigenvalue weighted by molar-refractivity contribution is 0.0240. The maximum Gasteiger partial charge on any atom is 0.410 e. The third-order valence-corrected chi connectivity index (χ3v) is 3.84. The highest BCUT2D eigenvalue weighted by molar-refractivity contribution is 5.83. The van der Waals surface area contributed by atoms with E-state index in [1.54, 1.807) is 11.0 Å². The zero-order valence-electron chi connectivity index (χ0n) is 14.3. The molecule has 0 atom stereocenters. The van der Waals surface area contributed by atoms with E-state index in [0.29, 0.717) is 37.4 Å². The number of piperazine rings is 1. The number of carbonyl (C=O) groups excluding carboxylic acids is 2. The van der Waals surface area contributed by atoms with E-state index in [9.17, 15) is 9.59 Å². The third kappa shape index (κ3) is 4.15. The van der Waals surface area contributed by atoms with Crippen LogP contribution in [0, 0.1) is 6.92 Å². The molecular formula is C17H25N3O3. The predicted octanol–water partition coefficient (Wildman–Crippen LogP) is 2.45. The maximum atomic E-state index is 12.1. The molecule has 6 heteroatoms. The molecule has 1 aromatic rings. The molecule has 1 aromatic carbocycles. The first-order valence-corrected chi connectivity index (χ1v) is 7.79. The molecule has 1 amide bonds. The second kappa shape index (κ2) is 6.48. The fraction of sp³-hybridized carbons (Fsp3) is 0.529. The Labute approximate surface area is 137 Å². The molecule has 1 aliphatic heterocycles. The lowest BCUT2D eigenvalue weighted by atomic mass is 10.0. The Morgan fingerprint density at radius 1 is 1.22 bits per heavy atom. The average Bonchev–Trinajstić information content (AvgIpc) is 2.47. The SMILES string of the molecule is Cc1c(C=O)cc(N)cc1N1CCN(C(=O)OC(C)(C)C)CC1. The van der Waals surface area contributed by atoms with Crippen molar-refractivity contribution in [2.45, 2.75) is 33.3 Å². The van der Waals surface area contributed by atoms with Crippen LogP contribution in [0.15, 0.2) is 12.1 Å². The van der Waals surface area contributed by atoms with Crippen molar-refractivity contribution in [1.82, 2.24) is 4.90 Å². The molecule has 2 N–H and O–H groups in total. The number of hydrogen-bond donors (Lipinski definition) is 1. The highest BCUT2D eigenvalue weighted by Crippen LogP contribution is 2.27. The van der Waals surface area contributed by atoms with Crippen molar-refractivity contribution >= 4 is 23.8 Å². The summed E-state index contributed by atoms with van der Waals surface area (Å²) in [6, 6.07) is 3.56. The molecular weight excluding hydrogens is 294 g/mol. The molecule has 0 saturated carbocycles. The smallest absolute Gasteiger partial charge is 0.410 e. The van der Waals surface area contributed by atoms with Crippen LogP contribution in [0.2, 0.25) is 0 Å². The van der Waals surface area contributed by atoms with Gasteiger partial charge in [0.15, 0.2) is 0 Å². The van der Waals surface area contributed by atoms with Gasteiger partial charge in [-0.05, 0) is 45.4 Å². The van der Waals surface area contributed by atoms with Crippen molar-refractivity contribution in [3.63, 3.8) is 0 Å². The molecule has 0 aromatic heterocycles. The van der Waals surface area contributed by atoms with Crippen molar-refractivity contribution in [2.75, 3.05) is 36.8 Å². The van der Waals surface area contributed by atoms with E-state index in [1.165, 1.54) is 0 Å². The summed E-state index contributed by atoms with van der Waals surface area (Å²) in [5.74, 6) is 0. The van der Waals surface area contributed by atoms with Gasteiger partial charge in [0.05, 0.1) is 0 Å². The van der Waals surface area contributed by atoms with Crippen LogP contribution in [0.4, 0.5) is 16.2 Å². The Morgan fingerprint density at radius 2 is 1.83 bits per heavy atom. The standard InChI is InChI=1S/C17H25N3O3/c1-12-13(11-21)9-14(18)10-15(12)19-5-7-20(8-6-19)16(22)23-17(2,3)4/h9-11H,5-8,18H2,1-4H3. The average molecular weight is 319 g/mol. The van der Waals surface area contributed by atoms with Crippen LogP contribution in [0.1, 0.15) is 36.7 Å². The summed E-state index contributed by atoms with van der Waals surface area (Å²) < 4.78 is 5.40. The molecule has 1 fully saturated rings. The van der Waals surface area contributed by atoms with Gasteiger partial charge in [0.2, 0.25) is 0 Å². The van der Waals surface area contributed by atoms with E-state index in [2.05, 4.69) is 4.90 Å². The van der Waals surface area contributed by atoms with Gasteiger partial charge in [-0.3, -0.25) is 4.79 Å². The first kappa shape index (κ1) is 17.1. The quantitative estimate of drug-likeness (QED) is 0.669. The predicted molar refractivity (Wildman–Crippen MR) is 91.0 cm³/mol. The number of anilines is 2. The van der Waals surface area contributed by atoms with Gasteiger partial charge in [-0.15, -0.1) is 0 Å². The van der Waals surface area contributed by atoms with Crippen molar-refractivity contribution in [3.05, 3.63) is 23.3 Å². The van der Waals surface area contributed by atoms with Crippen LogP contribution >= 0.6 is 0 Å². The number of aldehydes is 1. The summed E-state index contributed by atoms with van der Waals surface area (Å²) in [4.78, 5) is 27.1. The van der Waals surface area contributed by atoms with Crippen LogP contribution in [-0.4, -0.2) is 49.1 Å². The number of amides is 1. The number of ether oxygens (including phenoxy) is 1. The number of nitrogen functional groups attached to an aromatic ring is 1. The highest BCUT2D eigenvalue weighted by atomic mass is 16.6. The van der Waals surface area contributed by atoms with Crippen molar-refractivity contribution in [2.24, 2.45) is 0 Å². The van der Waals surface area contributed by atoms with Gasteiger partial charge in [0.25, 0.3) is 0 Å². The number of nitrogens with zero attached hydrogens (tertiary/aromatic N) is 2. The molecule has 0 aliphatic carbocycles. The Balaban J connectivity index is 2.06. The molecule has 126 valence electrons. The molecule has 1 aliphatic rings. The molecule has 0 unspecified atom stereocenters. The van der Waals surface area contributed by atoms with Crippen LogP contribution in [0.3, 0.4) is 0 Å². The van der Waals surface area contributed by atoms with Gasteiger partial charge >= 0.3 is 6.09 Å². The lowest BCUT2D eigenvalue weighted by Crippen LogP contribution is -2.50. The number of hydrogen-bond acceptors (Lipinski definition) is 5. The minimum atomic E-state index is -0.489. The maximum absolute atomic E-state index is 12.1. The number of rotatable bonds is 2. The monoisotopic (exact) mass is 319 g/mol. The van der Waals surface area contributed by atoms with E-state index >= 15 is 0 Å². The van der Waals surface area contributed by atoms with E-state index in [1.807, 2.05) is 33.8 Å². The van der Waals surface area contributed by atoms with Crippen molar-refractivity contribution in [1.29, 1.82) is 0 Å². The summed E-state index contributed by atoms with van der Waals surface area (Å²) in [7, 11) is 0. The first-order valence-electron chi connectivity index (χ1n) is 7.79. The van der Waals surface area contributed by atoms with Crippen LogP contribution in [-0.2, 0) is 4.74 Å². The highest BCUT2D eigenvalue weighted by Gasteiger charge is 2.26. The van der Waals surface area contributed by atoms with Crippen LogP contribution < -0.4 is 10.6 Å². The Kier molecular flexibility index (Phi) is 4.82.